The van der Waals surface area contributed by atoms with Gasteiger partial charge in [0.2, 0.25) is 4.77 Å². The number of ether oxygens (including phenoxy) is 2. The number of halogens is 1. The second-order valence-corrected chi connectivity index (χ2v) is 6.70. The van der Waals surface area contributed by atoms with Crippen LogP contribution >= 0.6 is 28.1 Å². The molecule has 1 aromatic carbocycles. The van der Waals surface area contributed by atoms with Crippen LogP contribution in [0.4, 0.5) is 0 Å². The summed E-state index contributed by atoms with van der Waals surface area (Å²) < 4.78 is 14.8. The predicted molar refractivity (Wildman–Crippen MR) is 101 cm³/mol. The maximum Gasteiger partial charge on any atom is 0.214 e. The number of H-pyrrole nitrogens is 1. The standard InChI is InChI=1S/C16H23BrN4O2S/c1-5-15-19-20-16(24)21(15)18-9-11-7-13(22-6-2)14(8-12(11)17)23-10(3)4/h7-8,10,18H,5-6,9H2,1-4H3,(H,20,24). The van der Waals surface area contributed by atoms with Crippen molar-refractivity contribution in [2.75, 3.05) is 12.0 Å². The van der Waals surface area contributed by atoms with E-state index in [1.165, 1.54) is 0 Å². The van der Waals surface area contributed by atoms with Gasteiger partial charge in [0.15, 0.2) is 17.3 Å². The monoisotopic (exact) mass is 414 g/mol. The van der Waals surface area contributed by atoms with Crippen molar-refractivity contribution in [2.24, 2.45) is 0 Å². The third-order valence-electron chi connectivity index (χ3n) is 3.26. The van der Waals surface area contributed by atoms with Gasteiger partial charge in [-0.25, -0.2) is 4.68 Å². The van der Waals surface area contributed by atoms with Gasteiger partial charge < -0.3 is 14.9 Å². The zero-order valence-corrected chi connectivity index (χ0v) is 16.8. The van der Waals surface area contributed by atoms with E-state index in [2.05, 4.69) is 31.6 Å². The molecule has 0 saturated carbocycles. The fourth-order valence-electron chi connectivity index (χ4n) is 2.22. The smallest absolute Gasteiger partial charge is 0.214 e. The van der Waals surface area contributed by atoms with E-state index in [1.807, 2.05) is 39.8 Å². The zero-order valence-electron chi connectivity index (χ0n) is 14.4. The van der Waals surface area contributed by atoms with E-state index in [1.54, 1.807) is 4.68 Å². The molecule has 2 aromatic rings. The van der Waals surface area contributed by atoms with Gasteiger partial charge >= 0.3 is 0 Å². The number of nitrogens with zero attached hydrogens (tertiary/aromatic N) is 2. The first kappa shape index (κ1) is 18.8. The molecule has 2 N–H and O–H groups in total. The second-order valence-electron chi connectivity index (χ2n) is 5.46. The van der Waals surface area contributed by atoms with Crippen LogP contribution in [0.5, 0.6) is 11.5 Å². The number of benzene rings is 1. The maximum atomic E-state index is 5.83. The summed E-state index contributed by atoms with van der Waals surface area (Å²) in [7, 11) is 0. The first-order valence-corrected chi connectivity index (χ1v) is 9.18. The van der Waals surface area contributed by atoms with E-state index in [0.29, 0.717) is 17.9 Å². The quantitative estimate of drug-likeness (QED) is 0.633. The summed E-state index contributed by atoms with van der Waals surface area (Å²) in [5.74, 6) is 2.33. The molecule has 0 fully saturated rings. The van der Waals surface area contributed by atoms with Gasteiger partial charge in [-0.05, 0) is 50.7 Å². The Balaban J connectivity index is 2.25. The van der Waals surface area contributed by atoms with Crippen LogP contribution in [0.1, 0.15) is 39.1 Å². The third-order valence-corrected chi connectivity index (χ3v) is 4.27. The van der Waals surface area contributed by atoms with Gasteiger partial charge in [0.25, 0.3) is 0 Å². The normalized spacial score (nSPS) is 10.9. The molecule has 0 radical (unpaired) electrons. The van der Waals surface area contributed by atoms with Gasteiger partial charge in [-0.2, -0.15) is 5.10 Å². The minimum atomic E-state index is 0.0800. The topological polar surface area (TPSA) is 64.1 Å². The molecule has 1 aromatic heterocycles. The molecule has 0 saturated heterocycles. The van der Waals surface area contributed by atoms with Crippen LogP contribution in [0, 0.1) is 4.77 Å². The molecular weight excluding hydrogens is 392 g/mol. The van der Waals surface area contributed by atoms with Crippen LogP contribution in [0.3, 0.4) is 0 Å². The summed E-state index contributed by atoms with van der Waals surface area (Å²) >= 11 is 8.86. The summed E-state index contributed by atoms with van der Waals surface area (Å²) in [6.45, 7) is 9.12. The van der Waals surface area contributed by atoms with Crippen molar-refractivity contribution in [3.05, 3.63) is 32.8 Å². The molecule has 24 heavy (non-hydrogen) atoms. The maximum absolute atomic E-state index is 5.83. The van der Waals surface area contributed by atoms with Gasteiger partial charge in [-0.15, -0.1) is 0 Å². The molecule has 0 aliphatic carbocycles. The highest BCUT2D eigenvalue weighted by atomic mass is 79.9. The summed E-state index contributed by atoms with van der Waals surface area (Å²) in [5.41, 5.74) is 4.33. The molecular formula is C16H23BrN4O2S. The second kappa shape index (κ2) is 8.53. The fraction of sp³-hybridized carbons (Fsp3) is 0.500. The van der Waals surface area contributed by atoms with Crippen LogP contribution in [-0.2, 0) is 13.0 Å². The number of aromatic amines is 1. The summed E-state index contributed by atoms with van der Waals surface area (Å²) in [6, 6.07) is 3.92. The Morgan fingerprint density at radius 1 is 1.33 bits per heavy atom. The molecule has 0 unspecified atom stereocenters. The lowest BCUT2D eigenvalue weighted by molar-refractivity contribution is 0.223. The first-order valence-electron chi connectivity index (χ1n) is 7.98. The zero-order chi connectivity index (χ0) is 17.7. The van der Waals surface area contributed by atoms with E-state index in [4.69, 9.17) is 21.7 Å². The van der Waals surface area contributed by atoms with E-state index in [-0.39, 0.29) is 6.10 Å². The molecule has 0 amide bonds. The van der Waals surface area contributed by atoms with E-state index in [9.17, 15) is 0 Å². The highest BCUT2D eigenvalue weighted by Crippen LogP contribution is 2.34. The Bertz CT molecular complexity index is 742. The van der Waals surface area contributed by atoms with Crippen molar-refractivity contribution in [3.8, 4) is 11.5 Å². The van der Waals surface area contributed by atoms with Crippen molar-refractivity contribution in [3.63, 3.8) is 0 Å². The molecule has 0 bridgehead atoms. The van der Waals surface area contributed by atoms with E-state index in [0.717, 1.165) is 33.8 Å². The fourth-order valence-corrected chi connectivity index (χ4v) is 2.90. The number of rotatable bonds is 8. The molecule has 2 rings (SSSR count). The number of aryl methyl sites for hydroxylation is 1. The largest absolute Gasteiger partial charge is 0.490 e. The number of hydrogen-bond acceptors (Lipinski definition) is 5. The van der Waals surface area contributed by atoms with Crippen LogP contribution in [0.15, 0.2) is 16.6 Å². The lowest BCUT2D eigenvalue weighted by Gasteiger charge is -2.17. The van der Waals surface area contributed by atoms with Crippen molar-refractivity contribution in [1.82, 2.24) is 14.9 Å². The molecule has 8 heteroatoms. The highest BCUT2D eigenvalue weighted by molar-refractivity contribution is 9.10. The van der Waals surface area contributed by atoms with Gasteiger partial charge in [-0.3, -0.25) is 5.10 Å². The van der Waals surface area contributed by atoms with Crippen molar-refractivity contribution >= 4 is 28.1 Å². The van der Waals surface area contributed by atoms with Gasteiger partial charge in [0, 0.05) is 10.9 Å². The minimum absolute atomic E-state index is 0.0800. The van der Waals surface area contributed by atoms with Gasteiger partial charge in [0.05, 0.1) is 19.3 Å². The Kier molecular flexibility index (Phi) is 6.68. The molecule has 0 aliphatic heterocycles. The van der Waals surface area contributed by atoms with Crippen LogP contribution in [0.2, 0.25) is 0 Å². The lowest BCUT2D eigenvalue weighted by atomic mass is 10.2. The van der Waals surface area contributed by atoms with Crippen molar-refractivity contribution < 1.29 is 9.47 Å². The van der Waals surface area contributed by atoms with E-state index >= 15 is 0 Å². The first-order chi connectivity index (χ1) is 11.5. The van der Waals surface area contributed by atoms with Crippen LogP contribution in [-0.4, -0.2) is 27.6 Å². The van der Waals surface area contributed by atoms with Gasteiger partial charge in [0.1, 0.15) is 0 Å². The minimum Gasteiger partial charge on any atom is -0.490 e. The third kappa shape index (κ3) is 4.51. The van der Waals surface area contributed by atoms with Crippen LogP contribution < -0.4 is 14.9 Å². The molecule has 0 atom stereocenters. The van der Waals surface area contributed by atoms with Crippen molar-refractivity contribution in [2.45, 2.75) is 46.8 Å². The number of hydrogen-bond donors (Lipinski definition) is 2. The SMILES string of the molecule is CCOc1cc(CNn2c(CC)n[nH]c2=S)c(Br)cc1OC(C)C. The average molecular weight is 415 g/mol. The summed E-state index contributed by atoms with van der Waals surface area (Å²) in [6.07, 6.45) is 0.864. The molecule has 0 spiro atoms. The Labute approximate surface area is 155 Å². The number of aromatic nitrogens is 3. The summed E-state index contributed by atoms with van der Waals surface area (Å²) in [5, 5.41) is 6.99. The Morgan fingerprint density at radius 2 is 2.08 bits per heavy atom. The molecule has 0 aliphatic rings. The lowest BCUT2D eigenvalue weighted by Crippen LogP contribution is -2.17. The Hall–Kier alpha value is -1.54. The average Bonchev–Trinajstić information content (AvgIpc) is 2.88. The molecule has 132 valence electrons. The van der Waals surface area contributed by atoms with Crippen LogP contribution in [0.25, 0.3) is 0 Å². The molecule has 6 nitrogen and oxygen atoms in total. The van der Waals surface area contributed by atoms with Crippen molar-refractivity contribution in [1.29, 1.82) is 0 Å². The summed E-state index contributed by atoms with van der Waals surface area (Å²) in [4.78, 5) is 0. The highest BCUT2D eigenvalue weighted by Gasteiger charge is 2.13. The predicted octanol–water partition coefficient (Wildman–Crippen LogP) is 4.20. The van der Waals surface area contributed by atoms with E-state index < -0.39 is 0 Å². The van der Waals surface area contributed by atoms with Gasteiger partial charge in [-0.1, -0.05) is 22.9 Å². The number of nitrogens with one attached hydrogen (secondary N) is 2. The molecule has 1 heterocycles. The Morgan fingerprint density at radius 3 is 2.71 bits per heavy atom.